The second kappa shape index (κ2) is 6.07. The van der Waals surface area contributed by atoms with Gasteiger partial charge in [-0.25, -0.2) is 4.79 Å². The lowest BCUT2D eigenvalue weighted by molar-refractivity contribution is -0.138. The minimum atomic E-state index is -0.875. The summed E-state index contributed by atoms with van der Waals surface area (Å²) in [5.41, 5.74) is 0.241. The standard InChI is InChI=1S/C13H24N2O3/c1-4-15(10(2)8-11(16)17)12(18)14-9-13(3)6-5-7-13/h10H,4-9H2,1-3H3,(H,14,18)(H,16,17). The van der Waals surface area contributed by atoms with Crippen LogP contribution in [0, 0.1) is 5.41 Å². The Labute approximate surface area is 109 Å². The van der Waals surface area contributed by atoms with Crippen LogP contribution in [-0.2, 0) is 4.79 Å². The second-order valence-electron chi connectivity index (χ2n) is 5.56. The molecule has 5 heteroatoms. The van der Waals surface area contributed by atoms with E-state index in [-0.39, 0.29) is 23.9 Å². The Hall–Kier alpha value is -1.26. The molecule has 0 aromatic carbocycles. The van der Waals surface area contributed by atoms with E-state index < -0.39 is 5.97 Å². The average molecular weight is 256 g/mol. The highest BCUT2D eigenvalue weighted by molar-refractivity contribution is 5.76. The summed E-state index contributed by atoms with van der Waals surface area (Å²) in [4.78, 5) is 24.3. The van der Waals surface area contributed by atoms with Gasteiger partial charge in [0.2, 0.25) is 0 Å². The Bertz CT molecular complexity index is 313. The number of nitrogens with one attached hydrogen (secondary N) is 1. The number of carbonyl (C=O) groups is 2. The minimum Gasteiger partial charge on any atom is -0.481 e. The van der Waals surface area contributed by atoms with Gasteiger partial charge < -0.3 is 15.3 Å². The van der Waals surface area contributed by atoms with Gasteiger partial charge in [-0.1, -0.05) is 13.3 Å². The lowest BCUT2D eigenvalue weighted by Gasteiger charge is -2.39. The molecule has 1 aliphatic carbocycles. The molecule has 1 aliphatic rings. The summed E-state index contributed by atoms with van der Waals surface area (Å²) in [6, 6.07) is -0.430. The number of amides is 2. The van der Waals surface area contributed by atoms with E-state index in [0.717, 1.165) is 12.8 Å². The van der Waals surface area contributed by atoms with Crippen molar-refractivity contribution in [2.24, 2.45) is 5.41 Å². The van der Waals surface area contributed by atoms with E-state index in [0.29, 0.717) is 13.1 Å². The van der Waals surface area contributed by atoms with Gasteiger partial charge in [0.1, 0.15) is 0 Å². The van der Waals surface area contributed by atoms with Crippen molar-refractivity contribution in [3.8, 4) is 0 Å². The van der Waals surface area contributed by atoms with Crippen LogP contribution in [0.3, 0.4) is 0 Å². The first-order valence-electron chi connectivity index (χ1n) is 6.64. The van der Waals surface area contributed by atoms with E-state index in [2.05, 4.69) is 12.2 Å². The maximum Gasteiger partial charge on any atom is 0.317 e. The number of carboxylic acids is 1. The molecule has 18 heavy (non-hydrogen) atoms. The van der Waals surface area contributed by atoms with Crippen molar-refractivity contribution in [1.82, 2.24) is 10.2 Å². The zero-order chi connectivity index (χ0) is 13.8. The molecular weight excluding hydrogens is 232 g/mol. The first-order chi connectivity index (χ1) is 8.38. The number of nitrogens with zero attached hydrogens (tertiary/aromatic N) is 1. The third-order valence-corrected chi connectivity index (χ3v) is 3.83. The Kier molecular flexibility index (Phi) is 4.99. The first-order valence-corrected chi connectivity index (χ1v) is 6.64. The molecule has 1 rings (SSSR count). The highest BCUT2D eigenvalue weighted by atomic mass is 16.4. The number of carbonyl (C=O) groups excluding carboxylic acids is 1. The molecule has 0 aromatic heterocycles. The van der Waals surface area contributed by atoms with Crippen molar-refractivity contribution < 1.29 is 14.7 Å². The Balaban J connectivity index is 2.43. The van der Waals surface area contributed by atoms with Gasteiger partial charge >= 0.3 is 12.0 Å². The summed E-state index contributed by atoms with van der Waals surface area (Å²) < 4.78 is 0. The van der Waals surface area contributed by atoms with Crippen molar-refractivity contribution in [2.45, 2.75) is 52.5 Å². The Morgan fingerprint density at radius 1 is 1.44 bits per heavy atom. The molecule has 0 spiro atoms. The van der Waals surface area contributed by atoms with Gasteiger partial charge in [-0.15, -0.1) is 0 Å². The van der Waals surface area contributed by atoms with E-state index in [9.17, 15) is 9.59 Å². The lowest BCUT2D eigenvalue weighted by atomic mass is 9.70. The van der Waals surface area contributed by atoms with E-state index in [1.807, 2.05) is 6.92 Å². The Morgan fingerprint density at radius 2 is 2.06 bits per heavy atom. The van der Waals surface area contributed by atoms with Crippen molar-refractivity contribution >= 4 is 12.0 Å². The van der Waals surface area contributed by atoms with Gasteiger partial charge in [-0.05, 0) is 32.1 Å². The molecule has 5 nitrogen and oxygen atoms in total. The predicted molar refractivity (Wildman–Crippen MR) is 69.5 cm³/mol. The van der Waals surface area contributed by atoms with Crippen LogP contribution >= 0.6 is 0 Å². The SMILES string of the molecule is CCN(C(=O)NCC1(C)CCC1)C(C)CC(=O)O. The fraction of sp³-hybridized carbons (Fsp3) is 0.846. The fourth-order valence-corrected chi connectivity index (χ4v) is 2.37. The van der Waals surface area contributed by atoms with Crippen LogP contribution < -0.4 is 5.32 Å². The molecule has 1 unspecified atom stereocenters. The van der Waals surface area contributed by atoms with E-state index >= 15 is 0 Å². The number of hydrogen-bond donors (Lipinski definition) is 2. The first kappa shape index (κ1) is 14.8. The maximum absolute atomic E-state index is 12.0. The molecule has 0 saturated heterocycles. The molecular formula is C13H24N2O3. The van der Waals surface area contributed by atoms with Gasteiger partial charge in [0.05, 0.1) is 6.42 Å². The number of urea groups is 1. The summed E-state index contributed by atoms with van der Waals surface area (Å²) in [5.74, 6) is -0.875. The van der Waals surface area contributed by atoms with Crippen molar-refractivity contribution in [3.05, 3.63) is 0 Å². The average Bonchev–Trinajstić information content (AvgIpc) is 2.23. The quantitative estimate of drug-likeness (QED) is 0.764. The van der Waals surface area contributed by atoms with Crippen LogP contribution in [0.1, 0.15) is 46.5 Å². The van der Waals surface area contributed by atoms with Crippen molar-refractivity contribution in [3.63, 3.8) is 0 Å². The molecule has 2 N–H and O–H groups in total. The molecule has 1 fully saturated rings. The lowest BCUT2D eigenvalue weighted by Crippen LogP contribution is -2.49. The van der Waals surface area contributed by atoms with Crippen LogP contribution in [-0.4, -0.2) is 41.1 Å². The van der Waals surface area contributed by atoms with Crippen LogP contribution in [0.25, 0.3) is 0 Å². The summed E-state index contributed by atoms with van der Waals surface area (Å²) in [7, 11) is 0. The highest BCUT2D eigenvalue weighted by Crippen LogP contribution is 2.39. The number of hydrogen-bond acceptors (Lipinski definition) is 2. The maximum atomic E-state index is 12.0. The van der Waals surface area contributed by atoms with Crippen molar-refractivity contribution in [2.75, 3.05) is 13.1 Å². The largest absolute Gasteiger partial charge is 0.481 e. The second-order valence-corrected chi connectivity index (χ2v) is 5.56. The molecule has 0 bridgehead atoms. The zero-order valence-electron chi connectivity index (χ0n) is 11.5. The van der Waals surface area contributed by atoms with Gasteiger partial charge in [-0.3, -0.25) is 4.79 Å². The van der Waals surface area contributed by atoms with Crippen molar-refractivity contribution in [1.29, 1.82) is 0 Å². The number of carboxylic acid groups (broad SMARTS) is 1. The summed E-state index contributed by atoms with van der Waals surface area (Å²) in [6.45, 7) is 7.01. The minimum absolute atomic E-state index is 0.0153. The topological polar surface area (TPSA) is 69.6 Å². The molecule has 1 saturated carbocycles. The smallest absolute Gasteiger partial charge is 0.317 e. The molecule has 104 valence electrons. The molecule has 0 aromatic rings. The van der Waals surface area contributed by atoms with Gasteiger partial charge in [0.25, 0.3) is 0 Å². The number of rotatable bonds is 6. The summed E-state index contributed by atoms with van der Waals surface area (Å²) in [6.07, 6.45) is 3.53. The van der Waals surface area contributed by atoms with Gasteiger partial charge in [-0.2, -0.15) is 0 Å². The molecule has 1 atom stereocenters. The van der Waals surface area contributed by atoms with Crippen LogP contribution in [0.15, 0.2) is 0 Å². The van der Waals surface area contributed by atoms with Crippen LogP contribution in [0.5, 0.6) is 0 Å². The molecule has 0 radical (unpaired) electrons. The Morgan fingerprint density at radius 3 is 2.44 bits per heavy atom. The molecule has 0 heterocycles. The molecule has 0 aliphatic heterocycles. The third kappa shape index (κ3) is 3.89. The van der Waals surface area contributed by atoms with E-state index in [4.69, 9.17) is 5.11 Å². The molecule has 2 amide bonds. The monoisotopic (exact) mass is 256 g/mol. The van der Waals surface area contributed by atoms with Gasteiger partial charge in [0, 0.05) is 19.1 Å². The van der Waals surface area contributed by atoms with E-state index in [1.165, 1.54) is 6.42 Å². The fourth-order valence-electron chi connectivity index (χ4n) is 2.37. The van der Waals surface area contributed by atoms with Crippen LogP contribution in [0.4, 0.5) is 4.79 Å². The summed E-state index contributed by atoms with van der Waals surface area (Å²) >= 11 is 0. The summed E-state index contributed by atoms with van der Waals surface area (Å²) in [5, 5.41) is 11.7. The van der Waals surface area contributed by atoms with E-state index in [1.54, 1.807) is 11.8 Å². The highest BCUT2D eigenvalue weighted by Gasteiger charge is 2.32. The normalized spacial score (nSPS) is 18.6. The zero-order valence-corrected chi connectivity index (χ0v) is 11.5. The van der Waals surface area contributed by atoms with Crippen LogP contribution in [0.2, 0.25) is 0 Å². The number of aliphatic carboxylic acids is 1. The third-order valence-electron chi connectivity index (χ3n) is 3.83. The predicted octanol–water partition coefficient (Wildman–Crippen LogP) is 2.07. The van der Waals surface area contributed by atoms with Gasteiger partial charge in [0.15, 0.2) is 0 Å².